The Hall–Kier alpha value is -1.84. The maximum absolute atomic E-state index is 12.4. The van der Waals surface area contributed by atoms with Gasteiger partial charge in [0.2, 0.25) is 0 Å². The molecule has 0 aliphatic rings. The highest BCUT2D eigenvalue weighted by Gasteiger charge is 2.20. The minimum absolute atomic E-state index is 0.0549. The maximum Gasteiger partial charge on any atom is 0.305 e. The predicted octanol–water partition coefficient (Wildman–Crippen LogP) is 3.91. The molecule has 1 aromatic rings. The number of ketones is 1. The fourth-order valence-corrected chi connectivity index (χ4v) is 2.00. The van der Waals surface area contributed by atoms with E-state index in [2.05, 4.69) is 25.5 Å². The van der Waals surface area contributed by atoms with Gasteiger partial charge in [0, 0.05) is 6.42 Å². The quantitative estimate of drug-likeness (QED) is 0.566. The molecule has 0 amide bonds. The second-order valence-corrected chi connectivity index (χ2v) is 6.31. The van der Waals surface area contributed by atoms with Gasteiger partial charge in [-0.15, -0.1) is 0 Å². The number of methoxy groups -OCH3 is 1. The van der Waals surface area contributed by atoms with Crippen LogP contribution in [-0.4, -0.2) is 25.5 Å². The lowest BCUT2D eigenvalue weighted by Crippen LogP contribution is -2.14. The maximum atomic E-state index is 12.4. The van der Waals surface area contributed by atoms with Crippen molar-refractivity contribution in [3.05, 3.63) is 29.3 Å². The van der Waals surface area contributed by atoms with E-state index < -0.39 is 0 Å². The third-order valence-electron chi connectivity index (χ3n) is 3.39. The first-order valence-corrected chi connectivity index (χ1v) is 7.67. The van der Waals surface area contributed by atoms with Crippen molar-refractivity contribution in [2.75, 3.05) is 13.7 Å². The first-order chi connectivity index (χ1) is 10.3. The Morgan fingerprint density at radius 3 is 2.36 bits per heavy atom. The van der Waals surface area contributed by atoms with Crippen LogP contribution in [0.4, 0.5) is 0 Å². The zero-order valence-electron chi connectivity index (χ0n) is 14.2. The molecule has 0 spiro atoms. The molecule has 0 atom stereocenters. The van der Waals surface area contributed by atoms with Gasteiger partial charge in [0.25, 0.3) is 0 Å². The molecule has 0 saturated heterocycles. The van der Waals surface area contributed by atoms with Gasteiger partial charge in [0.15, 0.2) is 5.78 Å². The van der Waals surface area contributed by atoms with Crippen molar-refractivity contribution < 1.29 is 19.1 Å². The van der Waals surface area contributed by atoms with Crippen LogP contribution in [0.15, 0.2) is 18.2 Å². The minimum atomic E-state index is -0.378. The summed E-state index contributed by atoms with van der Waals surface area (Å²) in [6.07, 6.45) is 1.09. The number of esters is 1. The van der Waals surface area contributed by atoms with Crippen LogP contribution in [0.1, 0.15) is 62.9 Å². The summed E-state index contributed by atoms with van der Waals surface area (Å²) in [5.74, 6) is 0.115. The first kappa shape index (κ1) is 18.2. The molecule has 0 radical (unpaired) electrons. The Kier molecular flexibility index (Phi) is 6.60. The number of rotatable bonds is 7. The lowest BCUT2D eigenvalue weighted by Gasteiger charge is -2.21. The van der Waals surface area contributed by atoms with Crippen LogP contribution in [0.3, 0.4) is 0 Å². The molecule has 0 aliphatic carbocycles. The van der Waals surface area contributed by atoms with Gasteiger partial charge in [-0.3, -0.25) is 9.59 Å². The lowest BCUT2D eigenvalue weighted by atomic mass is 9.85. The monoisotopic (exact) mass is 306 g/mol. The number of benzene rings is 1. The van der Waals surface area contributed by atoms with E-state index in [1.165, 1.54) is 7.11 Å². The molecule has 4 nitrogen and oxygen atoms in total. The van der Waals surface area contributed by atoms with E-state index in [9.17, 15) is 9.59 Å². The summed E-state index contributed by atoms with van der Waals surface area (Å²) >= 11 is 0. The third-order valence-corrected chi connectivity index (χ3v) is 3.39. The fraction of sp³-hybridized carbons (Fsp3) is 0.556. The average Bonchev–Trinajstić information content (AvgIpc) is 2.48. The smallest absolute Gasteiger partial charge is 0.305 e. The van der Waals surface area contributed by atoms with Crippen molar-refractivity contribution >= 4 is 11.8 Å². The normalized spacial score (nSPS) is 11.1. The summed E-state index contributed by atoms with van der Waals surface area (Å²) in [5, 5.41) is 0. The number of carbonyl (C=O) groups is 2. The van der Waals surface area contributed by atoms with Gasteiger partial charge in [0.05, 0.1) is 25.7 Å². The molecule has 0 heterocycles. The molecule has 0 fully saturated rings. The van der Waals surface area contributed by atoms with Crippen molar-refractivity contribution in [3.63, 3.8) is 0 Å². The van der Waals surface area contributed by atoms with Crippen LogP contribution < -0.4 is 4.74 Å². The molecule has 0 N–H and O–H groups in total. The molecule has 1 aromatic carbocycles. The topological polar surface area (TPSA) is 52.6 Å². The number of hydrogen-bond donors (Lipinski definition) is 0. The Balaban J connectivity index is 3.04. The van der Waals surface area contributed by atoms with Gasteiger partial charge in [-0.2, -0.15) is 0 Å². The highest BCUT2D eigenvalue weighted by atomic mass is 16.5. The van der Waals surface area contributed by atoms with Gasteiger partial charge >= 0.3 is 5.97 Å². The van der Waals surface area contributed by atoms with Crippen molar-refractivity contribution in [2.45, 2.75) is 52.4 Å². The number of Topliss-reactive ketones (excluding diaryl/α,β-unsaturated/α-hetero) is 1. The standard InChI is InChI=1S/C18H26O4/c1-6-11-22-16-9-7-13(18(2,3)4)12-14(16)15(19)8-10-17(20)21-5/h7,9,12H,6,8,10-11H2,1-5H3. The minimum Gasteiger partial charge on any atom is -0.493 e. The van der Waals surface area contributed by atoms with Gasteiger partial charge in [-0.1, -0.05) is 33.8 Å². The van der Waals surface area contributed by atoms with E-state index >= 15 is 0 Å². The van der Waals surface area contributed by atoms with Crippen molar-refractivity contribution in [1.29, 1.82) is 0 Å². The van der Waals surface area contributed by atoms with Crippen LogP contribution in [0.5, 0.6) is 5.75 Å². The van der Waals surface area contributed by atoms with Crippen molar-refractivity contribution in [1.82, 2.24) is 0 Å². The molecular weight excluding hydrogens is 280 g/mol. The molecular formula is C18H26O4. The SMILES string of the molecule is CCCOc1ccc(C(C)(C)C)cc1C(=O)CCC(=O)OC. The molecule has 1 rings (SSSR count). The Morgan fingerprint density at radius 1 is 1.14 bits per heavy atom. The molecule has 4 heteroatoms. The van der Waals surface area contributed by atoms with E-state index in [-0.39, 0.29) is 30.0 Å². The Labute approximate surface area is 132 Å². The Bertz CT molecular complexity index is 526. The van der Waals surface area contributed by atoms with Gasteiger partial charge in [-0.05, 0) is 29.5 Å². The number of carbonyl (C=O) groups excluding carboxylic acids is 2. The van der Waals surface area contributed by atoms with Gasteiger partial charge in [0.1, 0.15) is 5.75 Å². The molecule has 122 valence electrons. The summed E-state index contributed by atoms with van der Waals surface area (Å²) in [6.45, 7) is 8.86. The second-order valence-electron chi connectivity index (χ2n) is 6.31. The van der Waals surface area contributed by atoms with Gasteiger partial charge < -0.3 is 9.47 Å². The van der Waals surface area contributed by atoms with E-state index in [0.29, 0.717) is 17.9 Å². The Morgan fingerprint density at radius 2 is 1.82 bits per heavy atom. The zero-order chi connectivity index (χ0) is 16.8. The van der Waals surface area contributed by atoms with Crippen molar-refractivity contribution in [2.24, 2.45) is 0 Å². The molecule has 0 unspecified atom stereocenters. The van der Waals surface area contributed by atoms with E-state index in [1.54, 1.807) is 0 Å². The highest BCUT2D eigenvalue weighted by molar-refractivity contribution is 6.00. The van der Waals surface area contributed by atoms with Crippen LogP contribution >= 0.6 is 0 Å². The largest absolute Gasteiger partial charge is 0.493 e. The molecule has 0 saturated carbocycles. The van der Waals surface area contributed by atoms with E-state index in [0.717, 1.165) is 12.0 Å². The molecule has 0 bridgehead atoms. The zero-order valence-corrected chi connectivity index (χ0v) is 14.2. The molecule has 0 aromatic heterocycles. The summed E-state index contributed by atoms with van der Waals surface area (Å²) < 4.78 is 10.3. The predicted molar refractivity (Wildman–Crippen MR) is 86.5 cm³/mol. The molecule has 0 aliphatic heterocycles. The number of ether oxygens (including phenoxy) is 2. The van der Waals surface area contributed by atoms with Crippen LogP contribution in [0, 0.1) is 0 Å². The lowest BCUT2D eigenvalue weighted by molar-refractivity contribution is -0.140. The highest BCUT2D eigenvalue weighted by Crippen LogP contribution is 2.29. The second kappa shape index (κ2) is 7.97. The van der Waals surface area contributed by atoms with E-state index in [1.807, 2.05) is 25.1 Å². The summed E-state index contributed by atoms with van der Waals surface area (Å²) in [7, 11) is 1.32. The van der Waals surface area contributed by atoms with Gasteiger partial charge in [-0.25, -0.2) is 0 Å². The summed E-state index contributed by atoms with van der Waals surface area (Å²) in [5.41, 5.74) is 1.56. The van der Waals surface area contributed by atoms with Crippen LogP contribution in [0.25, 0.3) is 0 Å². The third kappa shape index (κ3) is 5.17. The average molecular weight is 306 g/mol. The summed E-state index contributed by atoms with van der Waals surface area (Å²) in [4.78, 5) is 23.7. The summed E-state index contributed by atoms with van der Waals surface area (Å²) in [6, 6.07) is 5.72. The van der Waals surface area contributed by atoms with Crippen molar-refractivity contribution in [3.8, 4) is 5.75 Å². The van der Waals surface area contributed by atoms with Crippen LogP contribution in [-0.2, 0) is 14.9 Å². The fourth-order valence-electron chi connectivity index (χ4n) is 2.00. The van der Waals surface area contributed by atoms with E-state index in [4.69, 9.17) is 4.74 Å². The molecule has 22 heavy (non-hydrogen) atoms. The van der Waals surface area contributed by atoms with Crippen LogP contribution in [0.2, 0.25) is 0 Å². The first-order valence-electron chi connectivity index (χ1n) is 7.67. The number of hydrogen-bond acceptors (Lipinski definition) is 4.